The molecule has 2 rings (SSSR count). The SMILES string of the molecule is CCc1nn(C)c(COC(=O)c2cc(N)cc(N)c2)c1Br. The summed E-state index contributed by atoms with van der Waals surface area (Å²) in [7, 11) is 1.81. The summed E-state index contributed by atoms with van der Waals surface area (Å²) in [4.78, 5) is 12.0. The molecule has 0 spiro atoms. The summed E-state index contributed by atoms with van der Waals surface area (Å²) < 4.78 is 7.87. The van der Waals surface area contributed by atoms with Gasteiger partial charge >= 0.3 is 5.97 Å². The molecule has 1 aromatic heterocycles. The molecule has 0 fully saturated rings. The predicted octanol–water partition coefficient (Wildman–Crippen LogP) is 2.27. The Labute approximate surface area is 131 Å². The number of hydrogen-bond acceptors (Lipinski definition) is 5. The summed E-state index contributed by atoms with van der Waals surface area (Å²) in [6.45, 7) is 2.13. The Kier molecular flexibility index (Phi) is 4.52. The molecular formula is C14H17BrN4O2. The molecule has 1 aromatic carbocycles. The van der Waals surface area contributed by atoms with Crippen LogP contribution >= 0.6 is 15.9 Å². The molecule has 7 heteroatoms. The number of carbonyl (C=O) groups excluding carboxylic acids is 1. The zero-order chi connectivity index (χ0) is 15.6. The number of carbonyl (C=O) groups is 1. The van der Waals surface area contributed by atoms with Gasteiger partial charge in [0.25, 0.3) is 0 Å². The minimum Gasteiger partial charge on any atom is -0.456 e. The summed E-state index contributed by atoms with van der Waals surface area (Å²) in [6, 6.07) is 4.66. The highest BCUT2D eigenvalue weighted by Crippen LogP contribution is 2.23. The van der Waals surface area contributed by atoms with Crippen LogP contribution in [0.25, 0.3) is 0 Å². The third-order valence-corrected chi connectivity index (χ3v) is 3.97. The summed E-state index contributed by atoms with van der Waals surface area (Å²) in [6.07, 6.45) is 0.800. The average molecular weight is 353 g/mol. The average Bonchev–Trinajstić information content (AvgIpc) is 2.69. The third kappa shape index (κ3) is 3.36. The van der Waals surface area contributed by atoms with E-state index in [1.165, 1.54) is 12.1 Å². The third-order valence-electron chi connectivity index (χ3n) is 3.06. The van der Waals surface area contributed by atoms with E-state index in [1.54, 1.807) is 10.7 Å². The van der Waals surface area contributed by atoms with Crippen molar-refractivity contribution < 1.29 is 9.53 Å². The normalized spacial score (nSPS) is 10.6. The van der Waals surface area contributed by atoms with Gasteiger partial charge in [0.1, 0.15) is 6.61 Å². The first-order chi connectivity index (χ1) is 9.92. The minimum absolute atomic E-state index is 0.123. The summed E-state index contributed by atoms with van der Waals surface area (Å²) >= 11 is 3.48. The molecule has 112 valence electrons. The quantitative estimate of drug-likeness (QED) is 0.649. The zero-order valence-corrected chi connectivity index (χ0v) is 13.5. The topological polar surface area (TPSA) is 96.2 Å². The number of hydrogen-bond donors (Lipinski definition) is 2. The van der Waals surface area contributed by atoms with Gasteiger partial charge in [0.15, 0.2) is 0 Å². The first kappa shape index (κ1) is 15.4. The van der Waals surface area contributed by atoms with E-state index in [-0.39, 0.29) is 6.61 Å². The van der Waals surface area contributed by atoms with Gasteiger partial charge in [-0.3, -0.25) is 4.68 Å². The lowest BCUT2D eigenvalue weighted by Gasteiger charge is -2.07. The van der Waals surface area contributed by atoms with Crippen molar-refractivity contribution >= 4 is 33.3 Å². The highest BCUT2D eigenvalue weighted by Gasteiger charge is 2.15. The van der Waals surface area contributed by atoms with Crippen molar-refractivity contribution in [3.05, 3.63) is 39.6 Å². The van der Waals surface area contributed by atoms with Crippen LogP contribution in [0.1, 0.15) is 28.7 Å². The second-order valence-corrected chi connectivity index (χ2v) is 5.44. The molecule has 0 amide bonds. The lowest BCUT2D eigenvalue weighted by atomic mass is 10.2. The Hall–Kier alpha value is -2.02. The van der Waals surface area contributed by atoms with Crippen LogP contribution in [0.15, 0.2) is 22.7 Å². The van der Waals surface area contributed by atoms with Crippen molar-refractivity contribution in [2.24, 2.45) is 7.05 Å². The van der Waals surface area contributed by atoms with Gasteiger partial charge in [-0.2, -0.15) is 5.10 Å². The Morgan fingerprint density at radius 1 is 1.33 bits per heavy atom. The van der Waals surface area contributed by atoms with E-state index in [0.29, 0.717) is 16.9 Å². The maximum absolute atomic E-state index is 12.0. The molecule has 4 N–H and O–H groups in total. The molecule has 0 aliphatic carbocycles. The zero-order valence-electron chi connectivity index (χ0n) is 11.9. The summed E-state index contributed by atoms with van der Waals surface area (Å²) in [5, 5.41) is 4.35. The fraction of sp³-hybridized carbons (Fsp3) is 0.286. The molecule has 0 radical (unpaired) electrons. The van der Waals surface area contributed by atoms with Gasteiger partial charge in [0, 0.05) is 18.4 Å². The maximum Gasteiger partial charge on any atom is 0.338 e. The Balaban J connectivity index is 2.13. The lowest BCUT2D eigenvalue weighted by Crippen LogP contribution is -2.09. The molecule has 0 atom stereocenters. The molecule has 0 aliphatic rings. The van der Waals surface area contributed by atoms with Crippen molar-refractivity contribution in [2.45, 2.75) is 20.0 Å². The predicted molar refractivity (Wildman–Crippen MR) is 84.7 cm³/mol. The van der Waals surface area contributed by atoms with Gasteiger partial charge in [-0.05, 0) is 40.5 Å². The second kappa shape index (κ2) is 6.17. The van der Waals surface area contributed by atoms with Crippen molar-refractivity contribution in [1.29, 1.82) is 0 Å². The molecule has 0 aliphatic heterocycles. The number of aryl methyl sites for hydroxylation is 2. The van der Waals surface area contributed by atoms with Crippen LogP contribution in [-0.4, -0.2) is 15.7 Å². The minimum atomic E-state index is -0.472. The van der Waals surface area contributed by atoms with Crippen molar-refractivity contribution in [1.82, 2.24) is 9.78 Å². The highest BCUT2D eigenvalue weighted by atomic mass is 79.9. The van der Waals surface area contributed by atoms with Gasteiger partial charge in [0.05, 0.1) is 21.4 Å². The first-order valence-corrected chi connectivity index (χ1v) is 7.25. The van der Waals surface area contributed by atoms with Crippen molar-refractivity contribution in [2.75, 3.05) is 11.5 Å². The fourth-order valence-electron chi connectivity index (χ4n) is 1.99. The highest BCUT2D eigenvalue weighted by molar-refractivity contribution is 9.10. The number of nitrogens with zero attached hydrogens (tertiary/aromatic N) is 2. The Bertz CT molecular complexity index is 662. The number of halogens is 1. The number of nitrogen functional groups attached to an aromatic ring is 2. The molecule has 1 heterocycles. The lowest BCUT2D eigenvalue weighted by molar-refractivity contribution is 0.0463. The van der Waals surface area contributed by atoms with Crippen LogP contribution < -0.4 is 11.5 Å². The number of nitrogens with two attached hydrogens (primary N) is 2. The standard InChI is InChI=1S/C14H17BrN4O2/c1-3-11-13(15)12(19(2)18-11)7-21-14(20)8-4-9(16)6-10(17)5-8/h4-6H,3,7,16-17H2,1-2H3. The molecule has 6 nitrogen and oxygen atoms in total. The molecule has 0 saturated carbocycles. The van der Waals surface area contributed by atoms with Crippen LogP contribution in [0.3, 0.4) is 0 Å². The number of ether oxygens (including phenoxy) is 1. The van der Waals surface area contributed by atoms with E-state index in [0.717, 1.165) is 22.3 Å². The monoisotopic (exact) mass is 352 g/mol. The van der Waals surface area contributed by atoms with Gasteiger partial charge < -0.3 is 16.2 Å². The Morgan fingerprint density at radius 3 is 2.48 bits per heavy atom. The number of aromatic nitrogens is 2. The van der Waals surface area contributed by atoms with Gasteiger partial charge in [-0.15, -0.1) is 0 Å². The number of anilines is 2. The van der Waals surface area contributed by atoms with Gasteiger partial charge in [-0.25, -0.2) is 4.79 Å². The molecular weight excluding hydrogens is 336 g/mol. The second-order valence-electron chi connectivity index (χ2n) is 4.65. The number of esters is 1. The van der Waals surface area contributed by atoms with Gasteiger partial charge in [0.2, 0.25) is 0 Å². The molecule has 0 saturated heterocycles. The van der Waals surface area contributed by atoms with E-state index < -0.39 is 5.97 Å². The largest absolute Gasteiger partial charge is 0.456 e. The van der Waals surface area contributed by atoms with Crippen molar-refractivity contribution in [3.8, 4) is 0 Å². The smallest absolute Gasteiger partial charge is 0.338 e. The molecule has 2 aromatic rings. The van der Waals surface area contributed by atoms with E-state index in [9.17, 15) is 4.79 Å². The fourth-order valence-corrected chi connectivity index (χ4v) is 2.72. The summed E-state index contributed by atoms with van der Waals surface area (Å²) in [5.74, 6) is -0.472. The molecule has 21 heavy (non-hydrogen) atoms. The molecule has 0 unspecified atom stereocenters. The van der Waals surface area contributed by atoms with Crippen molar-refractivity contribution in [3.63, 3.8) is 0 Å². The van der Waals surface area contributed by atoms with E-state index in [2.05, 4.69) is 21.0 Å². The maximum atomic E-state index is 12.0. The first-order valence-electron chi connectivity index (χ1n) is 6.45. The van der Waals surface area contributed by atoms with Crippen LogP contribution in [0.5, 0.6) is 0 Å². The van der Waals surface area contributed by atoms with E-state index in [4.69, 9.17) is 16.2 Å². The van der Waals surface area contributed by atoms with Crippen LogP contribution in [-0.2, 0) is 24.8 Å². The van der Waals surface area contributed by atoms with E-state index >= 15 is 0 Å². The Morgan fingerprint density at radius 2 is 1.95 bits per heavy atom. The number of benzene rings is 1. The van der Waals surface area contributed by atoms with Crippen LogP contribution in [0.4, 0.5) is 11.4 Å². The number of rotatable bonds is 4. The van der Waals surface area contributed by atoms with Crippen LogP contribution in [0, 0.1) is 0 Å². The van der Waals surface area contributed by atoms with E-state index in [1.807, 2.05) is 14.0 Å². The van der Waals surface area contributed by atoms with Crippen LogP contribution in [0.2, 0.25) is 0 Å². The summed E-state index contributed by atoms with van der Waals surface area (Å²) in [5.41, 5.74) is 14.2. The molecule has 0 bridgehead atoms. The van der Waals surface area contributed by atoms with Gasteiger partial charge in [-0.1, -0.05) is 6.92 Å².